The van der Waals surface area contributed by atoms with Gasteiger partial charge in [-0.1, -0.05) is 103 Å². The highest BCUT2D eigenvalue weighted by Crippen LogP contribution is 2.43. The van der Waals surface area contributed by atoms with Gasteiger partial charge in [0.15, 0.2) is 0 Å². The Morgan fingerprint density at radius 1 is 0.511 bits per heavy atom. The molecule has 0 spiro atoms. The van der Waals surface area contributed by atoms with Gasteiger partial charge in [-0.3, -0.25) is 19.1 Å². The molecule has 45 heavy (non-hydrogen) atoms. The average Bonchev–Trinajstić information content (AvgIpc) is 3.77. The van der Waals surface area contributed by atoms with Crippen LogP contribution in [-0.2, 0) is 5.54 Å². The Morgan fingerprint density at radius 2 is 1.18 bits per heavy atom. The molecule has 0 N–H and O–H groups in total. The van der Waals surface area contributed by atoms with Crippen LogP contribution in [0.4, 0.5) is 0 Å². The minimum absolute atomic E-state index is 0.772. The van der Waals surface area contributed by atoms with Crippen molar-refractivity contribution in [3.8, 4) is 33.9 Å². The number of hydrogen-bond donors (Lipinski definition) is 0. The van der Waals surface area contributed by atoms with Crippen LogP contribution in [0.2, 0.25) is 0 Å². The molecule has 0 saturated heterocycles. The molecule has 0 saturated carbocycles. The molecule has 0 aliphatic heterocycles. The van der Waals surface area contributed by atoms with Crippen molar-refractivity contribution in [2.75, 3.05) is 0 Å². The zero-order valence-electron chi connectivity index (χ0n) is 24.3. The van der Waals surface area contributed by atoms with E-state index in [0.717, 1.165) is 56.2 Å². The van der Waals surface area contributed by atoms with Gasteiger partial charge in [0, 0.05) is 35.9 Å². The van der Waals surface area contributed by atoms with E-state index >= 15 is 0 Å². The van der Waals surface area contributed by atoms with Crippen LogP contribution in [0.1, 0.15) is 16.7 Å². The van der Waals surface area contributed by atoms with E-state index in [1.54, 1.807) is 6.20 Å². The van der Waals surface area contributed by atoms with E-state index in [2.05, 4.69) is 128 Å². The van der Waals surface area contributed by atoms with Crippen molar-refractivity contribution in [2.24, 2.45) is 0 Å². The predicted octanol–water partition coefficient (Wildman–Crippen LogP) is 8.16. The van der Waals surface area contributed by atoms with Crippen molar-refractivity contribution in [2.45, 2.75) is 5.54 Å². The largest absolute Gasteiger partial charge is 0.291 e. The number of aromatic nitrogens is 6. The Morgan fingerprint density at radius 3 is 1.78 bits per heavy atom. The maximum absolute atomic E-state index is 5.48. The van der Waals surface area contributed by atoms with Gasteiger partial charge >= 0.3 is 0 Å². The van der Waals surface area contributed by atoms with E-state index in [-0.39, 0.29) is 0 Å². The molecule has 0 bridgehead atoms. The maximum atomic E-state index is 5.48. The first kappa shape index (κ1) is 26.5. The topological polar surface area (TPSA) is 60.9 Å². The van der Waals surface area contributed by atoms with Crippen molar-refractivity contribution in [3.63, 3.8) is 0 Å². The fraction of sp³-hybridized carbons (Fsp3) is 0.0256. The zero-order valence-corrected chi connectivity index (χ0v) is 24.3. The summed E-state index contributed by atoms with van der Waals surface area (Å²) in [5.41, 5.74) is 8.78. The van der Waals surface area contributed by atoms with Crippen molar-refractivity contribution >= 4 is 5.65 Å². The van der Waals surface area contributed by atoms with Crippen LogP contribution >= 0.6 is 0 Å². The Labute approximate surface area is 261 Å². The Bertz CT molecular complexity index is 2090. The van der Waals surface area contributed by atoms with Gasteiger partial charge in [0.05, 0.1) is 23.3 Å². The summed E-state index contributed by atoms with van der Waals surface area (Å²) in [6.07, 6.45) is 9.53. The van der Waals surface area contributed by atoms with Gasteiger partial charge < -0.3 is 0 Å². The number of fused-ring (bicyclic) bond motifs is 1. The molecule has 0 radical (unpaired) electrons. The second kappa shape index (κ2) is 11.2. The van der Waals surface area contributed by atoms with Crippen LogP contribution < -0.4 is 0 Å². The first-order valence-electron chi connectivity index (χ1n) is 14.9. The maximum Gasteiger partial charge on any atom is 0.138 e. The molecule has 3 aromatic carbocycles. The molecule has 0 unspecified atom stereocenters. The lowest BCUT2D eigenvalue weighted by atomic mass is 9.77. The van der Waals surface area contributed by atoms with E-state index in [1.165, 1.54) is 0 Å². The number of nitrogens with zero attached hydrogens (tertiary/aromatic N) is 6. The third-order valence-electron chi connectivity index (χ3n) is 8.30. The summed E-state index contributed by atoms with van der Waals surface area (Å²) in [5.74, 6) is 0. The molecule has 0 aliphatic rings. The highest BCUT2D eigenvalue weighted by molar-refractivity contribution is 5.81. The second-order valence-corrected chi connectivity index (χ2v) is 10.8. The average molecular weight is 581 g/mol. The van der Waals surface area contributed by atoms with Gasteiger partial charge in [0.25, 0.3) is 0 Å². The third-order valence-corrected chi connectivity index (χ3v) is 8.30. The third kappa shape index (κ3) is 4.43. The monoisotopic (exact) mass is 580 g/mol. The smallest absolute Gasteiger partial charge is 0.138 e. The highest BCUT2D eigenvalue weighted by atomic mass is 15.3. The standard InChI is InChI=1S/C39H28N6/c1-4-15-30(16-5-1)39(31-17-6-2-7-18-31,32-19-8-3-9-20-32)44-28-33(38(43-44)29-14-13-24-40-26-29)35-22-12-23-37-42-27-36(45(35)37)34-21-10-11-25-41-34/h1-28H. The minimum atomic E-state index is -0.772. The first-order valence-corrected chi connectivity index (χ1v) is 14.9. The van der Waals surface area contributed by atoms with Crippen LogP contribution in [0.3, 0.4) is 0 Å². The quantitative estimate of drug-likeness (QED) is 0.179. The number of hydrogen-bond acceptors (Lipinski definition) is 4. The second-order valence-electron chi connectivity index (χ2n) is 10.8. The van der Waals surface area contributed by atoms with Gasteiger partial charge in [0.2, 0.25) is 0 Å². The van der Waals surface area contributed by atoms with Crippen molar-refractivity contribution < 1.29 is 0 Å². The molecule has 6 heteroatoms. The molecule has 0 fully saturated rings. The summed E-state index contributed by atoms with van der Waals surface area (Å²) < 4.78 is 4.29. The van der Waals surface area contributed by atoms with Gasteiger partial charge in [-0.25, -0.2) is 4.98 Å². The first-order chi connectivity index (χ1) is 22.3. The van der Waals surface area contributed by atoms with Gasteiger partial charge in [-0.05, 0) is 53.1 Å². The van der Waals surface area contributed by atoms with Gasteiger partial charge in [-0.15, -0.1) is 0 Å². The van der Waals surface area contributed by atoms with Crippen LogP contribution in [-0.4, -0.2) is 29.1 Å². The van der Waals surface area contributed by atoms with Crippen LogP contribution in [0.15, 0.2) is 171 Å². The lowest BCUT2D eigenvalue weighted by molar-refractivity contribution is 0.461. The molecule has 0 atom stereocenters. The summed E-state index contributed by atoms with van der Waals surface area (Å²) in [6.45, 7) is 0. The molecule has 214 valence electrons. The summed E-state index contributed by atoms with van der Waals surface area (Å²) in [7, 11) is 0. The Hall–Kier alpha value is -6.14. The molecule has 0 amide bonds. The number of rotatable bonds is 7. The normalized spacial score (nSPS) is 11.6. The van der Waals surface area contributed by atoms with Gasteiger partial charge in [-0.2, -0.15) is 5.10 Å². The predicted molar refractivity (Wildman–Crippen MR) is 177 cm³/mol. The molecule has 6 nitrogen and oxygen atoms in total. The Kier molecular flexibility index (Phi) is 6.57. The van der Waals surface area contributed by atoms with Crippen molar-refractivity contribution in [3.05, 3.63) is 187 Å². The Balaban J connectivity index is 1.48. The van der Waals surface area contributed by atoms with E-state index in [1.807, 2.05) is 55.0 Å². The summed E-state index contributed by atoms with van der Waals surface area (Å²) in [6, 6.07) is 47.9. The molecule has 8 rings (SSSR count). The number of imidazole rings is 1. The summed E-state index contributed by atoms with van der Waals surface area (Å²) >= 11 is 0. The summed E-state index contributed by atoms with van der Waals surface area (Å²) in [4.78, 5) is 13.9. The van der Waals surface area contributed by atoms with E-state index in [0.29, 0.717) is 0 Å². The molecule has 8 aromatic rings. The molecule has 5 aromatic heterocycles. The lowest BCUT2D eigenvalue weighted by Crippen LogP contribution is -2.38. The summed E-state index contributed by atoms with van der Waals surface area (Å²) in [5, 5.41) is 5.48. The molecular weight excluding hydrogens is 552 g/mol. The van der Waals surface area contributed by atoms with E-state index in [4.69, 9.17) is 10.1 Å². The van der Waals surface area contributed by atoms with Crippen LogP contribution in [0, 0.1) is 0 Å². The fourth-order valence-electron chi connectivity index (χ4n) is 6.33. The highest BCUT2D eigenvalue weighted by Gasteiger charge is 2.40. The number of benzene rings is 3. The lowest BCUT2D eigenvalue weighted by Gasteiger charge is -2.36. The van der Waals surface area contributed by atoms with E-state index in [9.17, 15) is 0 Å². The van der Waals surface area contributed by atoms with Crippen LogP contribution in [0.25, 0.3) is 39.5 Å². The molecule has 0 aliphatic carbocycles. The number of pyridine rings is 3. The van der Waals surface area contributed by atoms with Crippen molar-refractivity contribution in [1.29, 1.82) is 0 Å². The fourth-order valence-corrected chi connectivity index (χ4v) is 6.33. The van der Waals surface area contributed by atoms with Gasteiger partial charge in [0.1, 0.15) is 16.9 Å². The molecular formula is C39H28N6. The molecule has 5 heterocycles. The minimum Gasteiger partial charge on any atom is -0.291 e. The zero-order chi connectivity index (χ0) is 30.1. The van der Waals surface area contributed by atoms with Crippen LogP contribution in [0.5, 0.6) is 0 Å². The van der Waals surface area contributed by atoms with Crippen molar-refractivity contribution in [1.82, 2.24) is 29.1 Å². The SMILES string of the molecule is c1ccc(C(c2ccccc2)(c2ccccc2)n2cc(-c3cccc4ncc(-c5ccccn5)n34)c(-c3cccnc3)n2)cc1. The van der Waals surface area contributed by atoms with E-state index < -0.39 is 5.54 Å².